The van der Waals surface area contributed by atoms with Crippen molar-refractivity contribution in [1.29, 1.82) is 0 Å². The molecule has 35 heavy (non-hydrogen) atoms. The molecule has 5 rings (SSSR count). The second-order valence-corrected chi connectivity index (χ2v) is 15.7. The molecule has 0 aromatic carbocycles. The van der Waals surface area contributed by atoms with Crippen LogP contribution in [0, 0.1) is 57.2 Å². The Kier molecular flexibility index (Phi) is 6.50. The molecule has 0 saturated heterocycles. The quantitative estimate of drug-likeness (QED) is 0.390. The van der Waals surface area contributed by atoms with E-state index in [0.717, 1.165) is 55.3 Å². The highest BCUT2D eigenvalue weighted by Gasteiger charge is 2.79. The van der Waals surface area contributed by atoms with E-state index >= 15 is 0 Å². The maximum Gasteiger partial charge on any atom is 0.311 e. The van der Waals surface area contributed by atoms with Gasteiger partial charge in [-0.2, -0.15) is 0 Å². The van der Waals surface area contributed by atoms with Gasteiger partial charge in [0.05, 0.1) is 11.5 Å². The number of ether oxygens (including phenoxy) is 1. The maximum absolute atomic E-state index is 12.6. The van der Waals surface area contributed by atoms with Crippen molar-refractivity contribution in [2.24, 2.45) is 57.2 Å². The number of aliphatic hydroxyl groups excluding tert-OH is 1. The van der Waals surface area contributed by atoms with Crippen molar-refractivity contribution in [3.63, 3.8) is 0 Å². The standard InChI is InChI=1S/C32H54O3/c1-20(2)9-8-10-21(3)24-11-12-25-23-17-27(33)32-18-22(35-28(34)29(4,5)6)13-16-31(32,19-32)26(23)14-15-30(24,25)7/h20-27,33H,8-19H2,1-7H3/t21-,22+,23?,24-,25?,26?,27-,30-,31+,32-/m1/s1. The highest BCUT2D eigenvalue weighted by Crippen LogP contribution is 2.83. The van der Waals surface area contributed by atoms with Crippen LogP contribution in [0.4, 0.5) is 0 Å². The molecule has 0 bridgehead atoms. The van der Waals surface area contributed by atoms with Gasteiger partial charge in [0.15, 0.2) is 0 Å². The topological polar surface area (TPSA) is 46.5 Å². The zero-order valence-electron chi connectivity index (χ0n) is 23.9. The molecule has 10 atom stereocenters. The smallest absolute Gasteiger partial charge is 0.311 e. The number of hydrogen-bond donors (Lipinski definition) is 1. The number of rotatable bonds is 6. The van der Waals surface area contributed by atoms with E-state index < -0.39 is 5.41 Å². The zero-order chi connectivity index (χ0) is 25.4. The monoisotopic (exact) mass is 486 g/mol. The summed E-state index contributed by atoms with van der Waals surface area (Å²) in [4.78, 5) is 12.6. The first-order valence-corrected chi connectivity index (χ1v) is 15.2. The minimum Gasteiger partial charge on any atom is -0.462 e. The molecule has 0 radical (unpaired) electrons. The fourth-order valence-electron chi connectivity index (χ4n) is 10.6. The molecule has 5 aliphatic carbocycles. The number of carbonyl (C=O) groups is 1. The molecule has 0 aliphatic heterocycles. The average molecular weight is 487 g/mol. The van der Waals surface area contributed by atoms with Crippen molar-refractivity contribution in [3.8, 4) is 0 Å². The minimum absolute atomic E-state index is 0.0000407. The highest BCUT2D eigenvalue weighted by atomic mass is 16.5. The van der Waals surface area contributed by atoms with Crippen LogP contribution in [0.15, 0.2) is 0 Å². The first-order valence-electron chi connectivity index (χ1n) is 15.2. The third kappa shape index (κ3) is 4.04. The summed E-state index contributed by atoms with van der Waals surface area (Å²) in [5.41, 5.74) is 0.390. The van der Waals surface area contributed by atoms with Crippen molar-refractivity contribution < 1.29 is 14.6 Å². The Morgan fingerprint density at radius 1 is 1.00 bits per heavy atom. The number of carbonyl (C=O) groups excluding carboxylic acids is 1. The van der Waals surface area contributed by atoms with Crippen LogP contribution in [-0.2, 0) is 9.53 Å². The Bertz CT molecular complexity index is 812. The normalized spacial score (nSPS) is 47.3. The molecule has 5 saturated carbocycles. The van der Waals surface area contributed by atoms with E-state index in [1.54, 1.807) is 0 Å². The van der Waals surface area contributed by atoms with Crippen molar-refractivity contribution >= 4 is 5.97 Å². The molecule has 0 heterocycles. The van der Waals surface area contributed by atoms with Crippen LogP contribution < -0.4 is 0 Å². The summed E-state index contributed by atoms with van der Waals surface area (Å²) in [5.74, 6) is 4.74. The summed E-state index contributed by atoms with van der Waals surface area (Å²) in [6.07, 6.45) is 14.7. The molecule has 5 fully saturated rings. The van der Waals surface area contributed by atoms with Gasteiger partial charge < -0.3 is 9.84 Å². The lowest BCUT2D eigenvalue weighted by molar-refractivity contribution is -0.169. The van der Waals surface area contributed by atoms with Crippen molar-refractivity contribution in [1.82, 2.24) is 0 Å². The van der Waals surface area contributed by atoms with Gasteiger partial charge in [-0.1, -0.05) is 47.0 Å². The van der Waals surface area contributed by atoms with Gasteiger partial charge >= 0.3 is 5.97 Å². The summed E-state index contributed by atoms with van der Waals surface area (Å²) in [7, 11) is 0. The van der Waals surface area contributed by atoms with Crippen LogP contribution in [0.5, 0.6) is 0 Å². The predicted molar refractivity (Wildman–Crippen MR) is 142 cm³/mol. The highest BCUT2D eigenvalue weighted by molar-refractivity contribution is 5.75. The van der Waals surface area contributed by atoms with Crippen LogP contribution in [0.1, 0.15) is 126 Å². The van der Waals surface area contributed by atoms with Crippen LogP contribution in [0.25, 0.3) is 0 Å². The lowest BCUT2D eigenvalue weighted by Gasteiger charge is -2.57. The Balaban J connectivity index is 1.28. The van der Waals surface area contributed by atoms with Crippen LogP contribution in [-0.4, -0.2) is 23.3 Å². The largest absolute Gasteiger partial charge is 0.462 e. The van der Waals surface area contributed by atoms with E-state index in [4.69, 9.17) is 4.74 Å². The van der Waals surface area contributed by atoms with E-state index in [1.165, 1.54) is 51.4 Å². The minimum atomic E-state index is -0.454. The molecule has 3 nitrogen and oxygen atoms in total. The van der Waals surface area contributed by atoms with E-state index in [0.29, 0.717) is 16.7 Å². The van der Waals surface area contributed by atoms with E-state index in [1.807, 2.05) is 20.8 Å². The summed E-state index contributed by atoms with van der Waals surface area (Å²) >= 11 is 0. The van der Waals surface area contributed by atoms with Crippen LogP contribution in [0.2, 0.25) is 0 Å². The Labute approximate surface area is 215 Å². The Morgan fingerprint density at radius 3 is 2.43 bits per heavy atom. The van der Waals surface area contributed by atoms with Gasteiger partial charge in [-0.05, 0) is 125 Å². The Hall–Kier alpha value is -0.570. The fourth-order valence-corrected chi connectivity index (χ4v) is 10.6. The maximum atomic E-state index is 12.6. The summed E-state index contributed by atoms with van der Waals surface area (Å²) in [5, 5.41) is 11.7. The van der Waals surface area contributed by atoms with Gasteiger partial charge in [-0.3, -0.25) is 4.79 Å². The van der Waals surface area contributed by atoms with E-state index in [2.05, 4.69) is 27.7 Å². The first kappa shape index (κ1) is 26.1. The molecule has 200 valence electrons. The zero-order valence-corrected chi connectivity index (χ0v) is 23.9. The third-order valence-corrected chi connectivity index (χ3v) is 12.4. The molecular formula is C32H54O3. The molecule has 0 spiro atoms. The molecular weight excluding hydrogens is 432 g/mol. The van der Waals surface area contributed by atoms with Gasteiger partial charge in [-0.15, -0.1) is 0 Å². The number of esters is 1. The number of aliphatic hydroxyl groups is 1. The van der Waals surface area contributed by atoms with Crippen molar-refractivity contribution in [2.45, 2.75) is 138 Å². The van der Waals surface area contributed by atoms with Crippen LogP contribution in [0.3, 0.4) is 0 Å². The molecule has 0 aromatic heterocycles. The van der Waals surface area contributed by atoms with E-state index in [9.17, 15) is 9.90 Å². The van der Waals surface area contributed by atoms with Crippen molar-refractivity contribution in [2.75, 3.05) is 0 Å². The molecule has 5 aliphatic rings. The second-order valence-electron chi connectivity index (χ2n) is 15.7. The van der Waals surface area contributed by atoms with Gasteiger partial charge in [0.2, 0.25) is 0 Å². The molecule has 3 unspecified atom stereocenters. The van der Waals surface area contributed by atoms with Gasteiger partial charge in [0, 0.05) is 5.41 Å². The molecule has 0 aromatic rings. The van der Waals surface area contributed by atoms with Crippen molar-refractivity contribution in [3.05, 3.63) is 0 Å². The lowest BCUT2D eigenvalue weighted by Crippen LogP contribution is -2.54. The van der Waals surface area contributed by atoms with E-state index in [-0.39, 0.29) is 23.6 Å². The lowest BCUT2D eigenvalue weighted by atomic mass is 9.48. The van der Waals surface area contributed by atoms with Gasteiger partial charge in [0.1, 0.15) is 6.10 Å². The summed E-state index contributed by atoms with van der Waals surface area (Å²) in [6.45, 7) is 15.7. The second kappa shape index (κ2) is 8.74. The van der Waals surface area contributed by atoms with Gasteiger partial charge in [-0.25, -0.2) is 0 Å². The van der Waals surface area contributed by atoms with Gasteiger partial charge in [0.25, 0.3) is 0 Å². The fraction of sp³-hybridized carbons (Fsp3) is 0.969. The SMILES string of the molecule is CC(C)CCC[C@@H](C)[C@H]1CCC2C3C[C@@H](O)[C@]45C[C@@H](OC(=O)C(C)(C)C)CC[C@]4(C5)C3CC[C@@]21C. The summed E-state index contributed by atoms with van der Waals surface area (Å²) < 4.78 is 6.00. The molecule has 3 heteroatoms. The number of fused-ring (bicyclic) bond motifs is 3. The first-order chi connectivity index (χ1) is 16.3. The third-order valence-electron chi connectivity index (χ3n) is 12.4. The predicted octanol–water partition coefficient (Wildman–Crippen LogP) is 7.79. The Morgan fingerprint density at radius 2 is 1.74 bits per heavy atom. The molecule has 0 amide bonds. The average Bonchev–Trinajstić information content (AvgIpc) is 3.34. The number of hydrogen-bond acceptors (Lipinski definition) is 3. The molecule has 1 N–H and O–H groups in total. The van der Waals surface area contributed by atoms with Crippen LogP contribution >= 0.6 is 0 Å². The summed E-state index contributed by atoms with van der Waals surface area (Å²) in [6, 6.07) is 0.